The first-order chi connectivity index (χ1) is 6.43. The first kappa shape index (κ1) is 10.3. The van der Waals surface area contributed by atoms with Gasteiger partial charge in [0.1, 0.15) is 17.2 Å². The molecule has 0 heterocycles. The van der Waals surface area contributed by atoms with E-state index in [9.17, 15) is 18.4 Å². The zero-order valence-electron chi connectivity index (χ0n) is 7.17. The molecule has 74 valence electrons. The molecule has 1 N–H and O–H groups in total. The molecule has 0 aliphatic rings. The van der Waals surface area contributed by atoms with Crippen LogP contribution in [0.15, 0.2) is 12.1 Å². The zero-order chi connectivity index (χ0) is 10.9. The van der Waals surface area contributed by atoms with Crippen LogP contribution in [-0.4, -0.2) is 16.9 Å². The maximum absolute atomic E-state index is 12.9. The lowest BCUT2D eigenvalue weighted by Crippen LogP contribution is -2.09. The molecule has 0 saturated carbocycles. The monoisotopic (exact) mass is 200 g/mol. The highest BCUT2D eigenvalue weighted by Gasteiger charge is 2.20. The molecular weight excluding hydrogens is 194 g/mol. The summed E-state index contributed by atoms with van der Waals surface area (Å²) in [5.74, 6) is -4.51. The van der Waals surface area contributed by atoms with Gasteiger partial charge in [-0.3, -0.25) is 4.79 Å². The Labute approximate surface area is 78.0 Å². The highest BCUT2D eigenvalue weighted by atomic mass is 19.1. The van der Waals surface area contributed by atoms with Crippen LogP contribution in [0.5, 0.6) is 0 Å². The van der Waals surface area contributed by atoms with Gasteiger partial charge in [-0.2, -0.15) is 0 Å². The van der Waals surface area contributed by atoms with Gasteiger partial charge < -0.3 is 5.11 Å². The molecule has 1 rings (SSSR count). The molecule has 0 radical (unpaired) electrons. The Morgan fingerprint density at radius 2 is 1.86 bits per heavy atom. The number of rotatable bonds is 2. The molecule has 0 saturated heterocycles. The molecule has 1 aromatic carbocycles. The van der Waals surface area contributed by atoms with Crippen LogP contribution in [0.2, 0.25) is 0 Å². The molecule has 0 fully saturated rings. The van der Waals surface area contributed by atoms with Crippen molar-refractivity contribution in [1.82, 2.24) is 0 Å². The van der Waals surface area contributed by atoms with E-state index >= 15 is 0 Å². The van der Waals surface area contributed by atoms with Crippen LogP contribution in [0.25, 0.3) is 0 Å². The minimum atomic E-state index is -1.59. The van der Waals surface area contributed by atoms with E-state index in [1.807, 2.05) is 0 Å². The van der Waals surface area contributed by atoms with Gasteiger partial charge in [-0.05, 0) is 13.0 Å². The minimum absolute atomic E-state index is 0.426. The van der Waals surface area contributed by atoms with Gasteiger partial charge >= 0.3 is 5.97 Å². The standard InChI is InChI=1S/C9H6F2O3/c1-4(12)6-2-5(10)3-7(11)8(6)9(13)14/h2-3H,1H3,(H,13,14). The first-order valence-corrected chi connectivity index (χ1v) is 3.66. The number of carbonyl (C=O) groups excluding carboxylic acids is 1. The Morgan fingerprint density at radius 3 is 2.29 bits per heavy atom. The van der Waals surface area contributed by atoms with Crippen molar-refractivity contribution in [1.29, 1.82) is 0 Å². The number of carbonyl (C=O) groups is 2. The summed E-state index contributed by atoms with van der Waals surface area (Å²) in [5.41, 5.74) is -1.26. The third-order valence-corrected chi connectivity index (χ3v) is 1.65. The van der Waals surface area contributed by atoms with Crippen molar-refractivity contribution in [3.05, 3.63) is 34.9 Å². The smallest absolute Gasteiger partial charge is 0.339 e. The van der Waals surface area contributed by atoms with E-state index in [-0.39, 0.29) is 0 Å². The SMILES string of the molecule is CC(=O)c1cc(F)cc(F)c1C(=O)O. The van der Waals surface area contributed by atoms with Gasteiger partial charge in [0.05, 0.1) is 0 Å². The van der Waals surface area contributed by atoms with Crippen LogP contribution >= 0.6 is 0 Å². The third kappa shape index (κ3) is 1.76. The van der Waals surface area contributed by atoms with Crippen molar-refractivity contribution < 1.29 is 23.5 Å². The predicted octanol–water partition coefficient (Wildman–Crippen LogP) is 1.87. The number of ketones is 1. The van der Waals surface area contributed by atoms with Crippen molar-refractivity contribution in [2.45, 2.75) is 6.92 Å². The van der Waals surface area contributed by atoms with Crippen LogP contribution in [0.1, 0.15) is 27.6 Å². The van der Waals surface area contributed by atoms with Crippen LogP contribution in [0.3, 0.4) is 0 Å². The molecular formula is C9H6F2O3. The molecule has 0 atom stereocenters. The summed E-state index contributed by atoms with van der Waals surface area (Å²) in [5, 5.41) is 8.57. The van der Waals surface area contributed by atoms with Gasteiger partial charge in [0.2, 0.25) is 0 Å². The van der Waals surface area contributed by atoms with Gasteiger partial charge in [0.25, 0.3) is 0 Å². The largest absolute Gasteiger partial charge is 0.478 e. The average molecular weight is 200 g/mol. The van der Waals surface area contributed by atoms with E-state index in [2.05, 4.69) is 0 Å². The van der Waals surface area contributed by atoms with Gasteiger partial charge in [0.15, 0.2) is 5.78 Å². The highest BCUT2D eigenvalue weighted by molar-refractivity contribution is 6.04. The number of carboxylic acids is 1. The van der Waals surface area contributed by atoms with Gasteiger partial charge in [-0.15, -0.1) is 0 Å². The van der Waals surface area contributed by atoms with E-state index in [1.54, 1.807) is 0 Å². The first-order valence-electron chi connectivity index (χ1n) is 3.66. The number of hydrogen-bond donors (Lipinski definition) is 1. The number of benzene rings is 1. The minimum Gasteiger partial charge on any atom is -0.478 e. The quantitative estimate of drug-likeness (QED) is 0.741. The lowest BCUT2D eigenvalue weighted by Gasteiger charge is -2.03. The average Bonchev–Trinajstić information content (AvgIpc) is 2.01. The second kappa shape index (κ2) is 3.53. The Morgan fingerprint density at radius 1 is 1.29 bits per heavy atom. The Hall–Kier alpha value is -1.78. The van der Waals surface area contributed by atoms with Gasteiger partial charge in [0, 0.05) is 11.6 Å². The fraction of sp³-hybridized carbons (Fsp3) is 0.111. The van der Waals surface area contributed by atoms with E-state index in [0.29, 0.717) is 12.1 Å². The molecule has 1 aromatic rings. The summed E-state index contributed by atoms with van der Waals surface area (Å²) in [7, 11) is 0. The lowest BCUT2D eigenvalue weighted by atomic mass is 10.0. The number of halogens is 2. The Kier molecular flexibility index (Phi) is 2.60. The van der Waals surface area contributed by atoms with Crippen LogP contribution < -0.4 is 0 Å². The maximum atomic E-state index is 12.9. The van der Waals surface area contributed by atoms with Gasteiger partial charge in [-0.25, -0.2) is 13.6 Å². The van der Waals surface area contributed by atoms with Crippen molar-refractivity contribution in [3.8, 4) is 0 Å². The highest BCUT2D eigenvalue weighted by Crippen LogP contribution is 2.16. The summed E-state index contributed by atoms with van der Waals surface area (Å²) in [6.07, 6.45) is 0. The molecule has 0 spiro atoms. The fourth-order valence-electron chi connectivity index (χ4n) is 1.07. The molecule has 0 bridgehead atoms. The van der Waals surface area contributed by atoms with E-state index in [0.717, 1.165) is 6.92 Å². The Balaban J connectivity index is 3.52. The zero-order valence-corrected chi connectivity index (χ0v) is 7.17. The summed E-state index contributed by atoms with van der Waals surface area (Å²) in [6.45, 7) is 1.04. The fourth-order valence-corrected chi connectivity index (χ4v) is 1.07. The molecule has 0 aliphatic carbocycles. The lowest BCUT2D eigenvalue weighted by molar-refractivity contribution is 0.0687. The predicted molar refractivity (Wildman–Crippen MR) is 43.3 cm³/mol. The number of hydrogen-bond acceptors (Lipinski definition) is 2. The van der Waals surface area contributed by atoms with E-state index in [1.165, 1.54) is 0 Å². The van der Waals surface area contributed by atoms with Crippen molar-refractivity contribution in [2.75, 3.05) is 0 Å². The second-order valence-corrected chi connectivity index (χ2v) is 2.67. The second-order valence-electron chi connectivity index (χ2n) is 2.67. The topological polar surface area (TPSA) is 54.4 Å². The van der Waals surface area contributed by atoms with Crippen LogP contribution in [0, 0.1) is 11.6 Å². The summed E-state index contributed by atoms with van der Waals surface area (Å²) in [4.78, 5) is 21.4. The molecule has 0 aromatic heterocycles. The Bertz CT molecular complexity index is 413. The van der Waals surface area contributed by atoms with Crippen LogP contribution in [-0.2, 0) is 0 Å². The molecule has 0 unspecified atom stereocenters. The molecule has 0 amide bonds. The molecule has 3 nitrogen and oxygen atoms in total. The van der Waals surface area contributed by atoms with Crippen molar-refractivity contribution >= 4 is 11.8 Å². The third-order valence-electron chi connectivity index (χ3n) is 1.65. The van der Waals surface area contributed by atoms with Crippen molar-refractivity contribution in [3.63, 3.8) is 0 Å². The molecule has 14 heavy (non-hydrogen) atoms. The van der Waals surface area contributed by atoms with E-state index in [4.69, 9.17) is 5.11 Å². The molecule has 5 heteroatoms. The summed E-state index contributed by atoms with van der Waals surface area (Å²) >= 11 is 0. The molecule has 0 aliphatic heterocycles. The number of aromatic carboxylic acids is 1. The van der Waals surface area contributed by atoms with E-state index < -0.39 is 34.5 Å². The van der Waals surface area contributed by atoms with Crippen molar-refractivity contribution in [2.24, 2.45) is 0 Å². The van der Waals surface area contributed by atoms with Crippen LogP contribution in [0.4, 0.5) is 8.78 Å². The normalized spacial score (nSPS) is 9.93. The number of Topliss-reactive ketones (excluding diaryl/α,β-unsaturated/α-hetero) is 1. The number of carboxylic acid groups (broad SMARTS) is 1. The maximum Gasteiger partial charge on any atom is 0.339 e. The van der Waals surface area contributed by atoms with Gasteiger partial charge in [-0.1, -0.05) is 0 Å². The summed E-state index contributed by atoms with van der Waals surface area (Å²) < 4.78 is 25.6. The summed E-state index contributed by atoms with van der Waals surface area (Å²) in [6, 6.07) is 1.13.